The Morgan fingerprint density at radius 1 is 1.57 bits per heavy atom. The average Bonchev–Trinajstić information content (AvgIpc) is 2.11. The molecule has 14 heavy (non-hydrogen) atoms. The van der Waals surface area contributed by atoms with Gasteiger partial charge in [-0.25, -0.2) is 9.18 Å². The predicted octanol–water partition coefficient (Wildman–Crippen LogP) is 3.07. The lowest BCUT2D eigenvalue weighted by molar-refractivity contribution is 0.0525. The number of halogens is 2. The van der Waals surface area contributed by atoms with E-state index < -0.39 is 11.8 Å². The van der Waals surface area contributed by atoms with E-state index in [0.29, 0.717) is 10.0 Å². The minimum absolute atomic E-state index is 0.263. The Morgan fingerprint density at radius 3 is 2.79 bits per heavy atom. The van der Waals surface area contributed by atoms with Gasteiger partial charge in [0.1, 0.15) is 5.82 Å². The highest BCUT2D eigenvalue weighted by Crippen LogP contribution is 2.20. The number of rotatable bonds is 2. The van der Waals surface area contributed by atoms with Gasteiger partial charge in [0, 0.05) is 4.47 Å². The molecule has 0 aliphatic heterocycles. The molecule has 4 heteroatoms. The molecule has 0 saturated heterocycles. The van der Waals surface area contributed by atoms with Gasteiger partial charge in [-0.15, -0.1) is 0 Å². The molecule has 0 atom stereocenters. The molecule has 0 bridgehead atoms. The molecule has 0 saturated carbocycles. The molecule has 0 spiro atoms. The Morgan fingerprint density at radius 2 is 2.21 bits per heavy atom. The van der Waals surface area contributed by atoms with E-state index in [4.69, 9.17) is 4.74 Å². The molecular formula is C10H10BrFO2. The zero-order chi connectivity index (χ0) is 10.7. The zero-order valence-corrected chi connectivity index (χ0v) is 9.52. The van der Waals surface area contributed by atoms with Crippen LogP contribution in [-0.2, 0) is 4.74 Å². The Kier molecular flexibility index (Phi) is 3.63. The maximum atomic E-state index is 13.2. The predicted molar refractivity (Wildman–Crippen MR) is 54.8 cm³/mol. The molecule has 2 nitrogen and oxygen atoms in total. The summed E-state index contributed by atoms with van der Waals surface area (Å²) in [7, 11) is 0. The Labute approximate surface area is 90.2 Å². The quantitative estimate of drug-likeness (QED) is 0.765. The van der Waals surface area contributed by atoms with Crippen molar-refractivity contribution in [3.63, 3.8) is 0 Å². The number of carbonyl (C=O) groups is 1. The van der Waals surface area contributed by atoms with Crippen LogP contribution < -0.4 is 0 Å². The van der Waals surface area contributed by atoms with E-state index >= 15 is 0 Å². The highest BCUT2D eigenvalue weighted by molar-refractivity contribution is 9.10. The van der Waals surface area contributed by atoms with Crippen molar-refractivity contribution in [2.75, 3.05) is 6.61 Å². The highest BCUT2D eigenvalue weighted by atomic mass is 79.9. The molecule has 1 rings (SSSR count). The van der Waals surface area contributed by atoms with Gasteiger partial charge in [-0.05, 0) is 31.5 Å². The minimum atomic E-state index is -0.495. The summed E-state index contributed by atoms with van der Waals surface area (Å²) in [5.74, 6) is -0.910. The molecule has 0 heterocycles. The number of hydrogen-bond acceptors (Lipinski definition) is 2. The topological polar surface area (TPSA) is 26.3 Å². The van der Waals surface area contributed by atoms with Crippen molar-refractivity contribution in [3.8, 4) is 0 Å². The summed E-state index contributed by atoms with van der Waals surface area (Å²) >= 11 is 3.12. The lowest BCUT2D eigenvalue weighted by Gasteiger charge is -2.06. The summed E-state index contributed by atoms with van der Waals surface area (Å²) in [6.07, 6.45) is 0. The molecule has 0 aromatic heterocycles. The average molecular weight is 261 g/mol. The minimum Gasteiger partial charge on any atom is -0.462 e. The second-order valence-electron chi connectivity index (χ2n) is 2.78. The van der Waals surface area contributed by atoms with Gasteiger partial charge in [-0.2, -0.15) is 0 Å². The summed E-state index contributed by atoms with van der Waals surface area (Å²) in [6.45, 7) is 3.54. The van der Waals surface area contributed by atoms with Crippen molar-refractivity contribution in [1.29, 1.82) is 0 Å². The van der Waals surface area contributed by atoms with E-state index in [0.717, 1.165) is 0 Å². The smallest absolute Gasteiger partial charge is 0.338 e. The SMILES string of the molecule is CCOC(=O)c1cc(Br)cc(F)c1C. The van der Waals surface area contributed by atoms with Gasteiger partial charge < -0.3 is 4.74 Å². The van der Waals surface area contributed by atoms with Crippen LogP contribution in [0.4, 0.5) is 4.39 Å². The van der Waals surface area contributed by atoms with Crippen molar-refractivity contribution in [3.05, 3.63) is 33.5 Å². The summed E-state index contributed by atoms with van der Waals surface area (Å²) in [5, 5.41) is 0. The monoisotopic (exact) mass is 260 g/mol. The molecule has 0 aliphatic rings. The normalized spacial score (nSPS) is 10.0. The number of benzene rings is 1. The second-order valence-corrected chi connectivity index (χ2v) is 3.70. The first-order valence-electron chi connectivity index (χ1n) is 4.19. The Hall–Kier alpha value is -0.900. The van der Waals surface area contributed by atoms with Crippen molar-refractivity contribution in [2.24, 2.45) is 0 Å². The van der Waals surface area contributed by atoms with E-state index in [1.54, 1.807) is 19.9 Å². The van der Waals surface area contributed by atoms with Crippen LogP contribution in [0.25, 0.3) is 0 Å². The van der Waals surface area contributed by atoms with E-state index in [1.807, 2.05) is 0 Å². The molecule has 1 aromatic rings. The third-order valence-corrected chi connectivity index (χ3v) is 2.26. The highest BCUT2D eigenvalue weighted by Gasteiger charge is 2.13. The van der Waals surface area contributed by atoms with Crippen LogP contribution in [0.15, 0.2) is 16.6 Å². The summed E-state index contributed by atoms with van der Waals surface area (Å²) < 4.78 is 18.5. The van der Waals surface area contributed by atoms with Crippen molar-refractivity contribution in [2.45, 2.75) is 13.8 Å². The molecule has 1 aromatic carbocycles. The molecule has 76 valence electrons. The fourth-order valence-corrected chi connectivity index (χ4v) is 1.50. The van der Waals surface area contributed by atoms with Crippen LogP contribution in [0.1, 0.15) is 22.8 Å². The van der Waals surface area contributed by atoms with Gasteiger partial charge in [0.2, 0.25) is 0 Å². The number of ether oxygens (including phenoxy) is 1. The number of esters is 1. The fourth-order valence-electron chi connectivity index (χ4n) is 1.07. The van der Waals surface area contributed by atoms with E-state index in [1.165, 1.54) is 6.07 Å². The van der Waals surface area contributed by atoms with Gasteiger partial charge in [-0.3, -0.25) is 0 Å². The molecular weight excluding hydrogens is 251 g/mol. The van der Waals surface area contributed by atoms with Crippen molar-refractivity contribution in [1.82, 2.24) is 0 Å². The molecule has 0 unspecified atom stereocenters. The van der Waals surface area contributed by atoms with Crippen LogP contribution >= 0.6 is 15.9 Å². The van der Waals surface area contributed by atoms with Gasteiger partial charge in [0.25, 0.3) is 0 Å². The van der Waals surface area contributed by atoms with Crippen molar-refractivity contribution >= 4 is 21.9 Å². The van der Waals surface area contributed by atoms with Gasteiger partial charge in [0.05, 0.1) is 12.2 Å². The third kappa shape index (κ3) is 2.32. The van der Waals surface area contributed by atoms with Crippen LogP contribution in [-0.4, -0.2) is 12.6 Å². The van der Waals surface area contributed by atoms with Crippen molar-refractivity contribution < 1.29 is 13.9 Å². The maximum absolute atomic E-state index is 13.2. The van der Waals surface area contributed by atoms with E-state index in [9.17, 15) is 9.18 Å². The summed E-state index contributed by atoms with van der Waals surface area (Å²) in [5.41, 5.74) is 0.574. The van der Waals surface area contributed by atoms with Gasteiger partial charge >= 0.3 is 5.97 Å². The van der Waals surface area contributed by atoms with E-state index in [2.05, 4.69) is 15.9 Å². The summed E-state index contributed by atoms with van der Waals surface area (Å²) in [4.78, 5) is 11.4. The fraction of sp³-hybridized carbons (Fsp3) is 0.300. The first-order valence-corrected chi connectivity index (χ1v) is 4.98. The van der Waals surface area contributed by atoms with Crippen LogP contribution in [0.2, 0.25) is 0 Å². The third-order valence-electron chi connectivity index (χ3n) is 1.80. The summed E-state index contributed by atoms with van der Waals surface area (Å²) in [6, 6.07) is 2.87. The van der Waals surface area contributed by atoms with Gasteiger partial charge in [-0.1, -0.05) is 15.9 Å². The largest absolute Gasteiger partial charge is 0.462 e. The number of carbonyl (C=O) groups excluding carboxylic acids is 1. The van der Waals surface area contributed by atoms with Crippen LogP contribution in [0.5, 0.6) is 0 Å². The van der Waals surface area contributed by atoms with E-state index in [-0.39, 0.29) is 12.2 Å². The molecule has 0 radical (unpaired) electrons. The Balaban J connectivity index is 3.13. The maximum Gasteiger partial charge on any atom is 0.338 e. The second kappa shape index (κ2) is 4.55. The first kappa shape index (κ1) is 11.2. The van der Waals surface area contributed by atoms with Gasteiger partial charge in [0.15, 0.2) is 0 Å². The standard InChI is InChI=1S/C10H10BrFO2/c1-3-14-10(13)8-4-7(11)5-9(12)6(8)2/h4-5H,3H2,1-2H3. The Bertz CT molecular complexity index is 363. The van der Waals surface area contributed by atoms with Crippen LogP contribution in [0.3, 0.4) is 0 Å². The lowest BCUT2D eigenvalue weighted by Crippen LogP contribution is -2.07. The molecule has 0 amide bonds. The first-order chi connectivity index (χ1) is 6.56. The molecule has 0 N–H and O–H groups in total. The lowest BCUT2D eigenvalue weighted by atomic mass is 10.1. The molecule has 0 aliphatic carbocycles. The number of hydrogen-bond donors (Lipinski definition) is 0. The molecule has 0 fully saturated rings. The zero-order valence-electron chi connectivity index (χ0n) is 7.93. The van der Waals surface area contributed by atoms with Crippen LogP contribution in [0, 0.1) is 12.7 Å².